The van der Waals surface area contributed by atoms with Crippen molar-refractivity contribution in [3.05, 3.63) is 35.4 Å². The molecule has 1 aromatic carbocycles. The summed E-state index contributed by atoms with van der Waals surface area (Å²) in [7, 11) is 0. The average Bonchev–Trinajstić information content (AvgIpc) is 2.62. The number of benzene rings is 1. The predicted octanol–water partition coefficient (Wildman–Crippen LogP) is 4.67. The highest BCUT2D eigenvalue weighted by Crippen LogP contribution is 2.16. The van der Waals surface area contributed by atoms with E-state index in [2.05, 4.69) is 13.8 Å². The van der Waals surface area contributed by atoms with Gasteiger partial charge in [0.25, 0.3) is 0 Å². The molecule has 24 heavy (non-hydrogen) atoms. The maximum absolute atomic E-state index is 12.3. The van der Waals surface area contributed by atoms with Crippen molar-refractivity contribution < 1.29 is 19.1 Å². The van der Waals surface area contributed by atoms with Crippen LogP contribution in [0, 0.1) is 5.92 Å². The van der Waals surface area contributed by atoms with Crippen LogP contribution in [0.3, 0.4) is 0 Å². The molecule has 4 nitrogen and oxygen atoms in total. The van der Waals surface area contributed by atoms with E-state index in [-0.39, 0.29) is 30.4 Å². The van der Waals surface area contributed by atoms with Gasteiger partial charge in [0.2, 0.25) is 0 Å². The number of esters is 1. The summed E-state index contributed by atoms with van der Waals surface area (Å²) in [6.07, 6.45) is 3.79. The summed E-state index contributed by atoms with van der Waals surface area (Å²) in [4.78, 5) is 24.3. The summed E-state index contributed by atoms with van der Waals surface area (Å²) in [6.45, 7) is 8.82. The van der Waals surface area contributed by atoms with Crippen LogP contribution < -0.4 is 0 Å². The molecule has 134 valence electrons. The molecule has 0 aliphatic rings. The van der Waals surface area contributed by atoms with Crippen molar-refractivity contribution in [3.63, 3.8) is 0 Å². The smallest absolute Gasteiger partial charge is 0.338 e. The van der Waals surface area contributed by atoms with Crippen LogP contribution in [-0.2, 0) is 9.47 Å². The van der Waals surface area contributed by atoms with Crippen LogP contribution >= 0.6 is 0 Å². The highest BCUT2D eigenvalue weighted by Gasteiger charge is 2.17. The lowest BCUT2D eigenvalue weighted by Crippen LogP contribution is -2.17. The molecule has 0 aliphatic heterocycles. The molecule has 0 spiro atoms. The van der Waals surface area contributed by atoms with Crippen LogP contribution in [-0.4, -0.2) is 31.1 Å². The Hall–Kier alpha value is -1.68. The van der Waals surface area contributed by atoms with Gasteiger partial charge in [-0.2, -0.15) is 0 Å². The SMILES string of the molecule is CCC(CC)OCCOC(=O)c1ccc(C(=O)C(CC)CC)cc1. The van der Waals surface area contributed by atoms with Crippen LogP contribution in [0.2, 0.25) is 0 Å². The fourth-order valence-corrected chi connectivity index (χ4v) is 2.62. The molecule has 0 aromatic heterocycles. The average molecular weight is 334 g/mol. The van der Waals surface area contributed by atoms with Crippen molar-refractivity contribution in [3.8, 4) is 0 Å². The molecular formula is C20H30O4. The first-order valence-electron chi connectivity index (χ1n) is 9.00. The molecule has 0 N–H and O–H groups in total. The second kappa shape index (κ2) is 11.0. The van der Waals surface area contributed by atoms with Gasteiger partial charge in [0.15, 0.2) is 5.78 Å². The standard InChI is InChI=1S/C20H30O4/c1-5-15(6-2)19(21)16-9-11-17(12-10-16)20(22)24-14-13-23-18(7-3)8-4/h9-12,15,18H,5-8,13-14H2,1-4H3. The zero-order valence-corrected chi connectivity index (χ0v) is 15.3. The Morgan fingerprint density at radius 1 is 0.833 bits per heavy atom. The van der Waals surface area contributed by atoms with Crippen molar-refractivity contribution in [2.24, 2.45) is 5.92 Å². The monoisotopic (exact) mass is 334 g/mol. The third-order valence-electron chi connectivity index (χ3n) is 4.34. The first-order chi connectivity index (χ1) is 11.6. The van der Waals surface area contributed by atoms with Crippen LogP contribution in [0.5, 0.6) is 0 Å². The Kier molecular flexibility index (Phi) is 9.31. The topological polar surface area (TPSA) is 52.6 Å². The minimum Gasteiger partial charge on any atom is -0.460 e. The lowest BCUT2D eigenvalue weighted by atomic mass is 9.93. The molecule has 0 aliphatic carbocycles. The molecule has 0 heterocycles. The maximum Gasteiger partial charge on any atom is 0.338 e. The summed E-state index contributed by atoms with van der Waals surface area (Å²) in [5.41, 5.74) is 1.11. The van der Waals surface area contributed by atoms with E-state index in [4.69, 9.17) is 9.47 Å². The lowest BCUT2D eigenvalue weighted by molar-refractivity contribution is 0.00516. The van der Waals surface area contributed by atoms with Crippen LogP contribution in [0.15, 0.2) is 24.3 Å². The zero-order valence-electron chi connectivity index (χ0n) is 15.3. The van der Waals surface area contributed by atoms with Gasteiger partial charge in [0.1, 0.15) is 6.61 Å². The van der Waals surface area contributed by atoms with Crippen LogP contribution in [0.4, 0.5) is 0 Å². The number of ketones is 1. The number of hydrogen-bond donors (Lipinski definition) is 0. The van der Waals surface area contributed by atoms with E-state index < -0.39 is 0 Å². The molecule has 4 heteroatoms. The third kappa shape index (κ3) is 6.08. The minimum atomic E-state index is -0.385. The quantitative estimate of drug-likeness (QED) is 0.335. The Balaban J connectivity index is 2.50. The molecule has 0 saturated carbocycles. The number of carbonyl (C=O) groups excluding carboxylic acids is 2. The van der Waals surface area contributed by atoms with E-state index in [1.807, 2.05) is 13.8 Å². The Labute approximate surface area is 145 Å². The molecule has 0 unspecified atom stereocenters. The number of hydrogen-bond acceptors (Lipinski definition) is 4. The van der Waals surface area contributed by atoms with Crippen LogP contribution in [0.1, 0.15) is 74.1 Å². The van der Waals surface area contributed by atoms with E-state index in [1.165, 1.54) is 0 Å². The molecule has 0 amide bonds. The largest absolute Gasteiger partial charge is 0.460 e. The van der Waals surface area contributed by atoms with Gasteiger partial charge in [-0.15, -0.1) is 0 Å². The van der Waals surface area contributed by atoms with E-state index in [0.29, 0.717) is 17.7 Å². The minimum absolute atomic E-state index is 0.0463. The molecule has 0 radical (unpaired) electrons. The van der Waals surface area contributed by atoms with Gasteiger partial charge in [-0.25, -0.2) is 4.79 Å². The van der Waals surface area contributed by atoms with Gasteiger partial charge in [-0.3, -0.25) is 4.79 Å². The summed E-state index contributed by atoms with van der Waals surface area (Å²) in [5, 5.41) is 0. The Bertz CT molecular complexity index is 499. The summed E-state index contributed by atoms with van der Waals surface area (Å²) < 4.78 is 10.8. The van der Waals surface area contributed by atoms with Gasteiger partial charge < -0.3 is 9.47 Å². The van der Waals surface area contributed by atoms with E-state index >= 15 is 0 Å². The number of carbonyl (C=O) groups is 2. The van der Waals surface area contributed by atoms with Crippen molar-refractivity contribution in [1.29, 1.82) is 0 Å². The zero-order chi connectivity index (χ0) is 17.9. The van der Waals surface area contributed by atoms with Crippen molar-refractivity contribution in [1.82, 2.24) is 0 Å². The van der Waals surface area contributed by atoms with Gasteiger partial charge in [0.05, 0.1) is 18.3 Å². The fourth-order valence-electron chi connectivity index (χ4n) is 2.62. The van der Waals surface area contributed by atoms with Gasteiger partial charge in [0, 0.05) is 11.5 Å². The number of rotatable bonds is 11. The second-order valence-electron chi connectivity index (χ2n) is 5.90. The number of ether oxygens (including phenoxy) is 2. The van der Waals surface area contributed by atoms with Crippen molar-refractivity contribution in [2.45, 2.75) is 59.5 Å². The number of Topliss-reactive ketones (excluding diaryl/α,β-unsaturated/α-hetero) is 1. The Morgan fingerprint density at radius 2 is 1.38 bits per heavy atom. The third-order valence-corrected chi connectivity index (χ3v) is 4.34. The van der Waals surface area contributed by atoms with E-state index in [1.54, 1.807) is 24.3 Å². The molecule has 0 bridgehead atoms. The normalized spacial score (nSPS) is 11.1. The molecule has 0 atom stereocenters. The summed E-state index contributed by atoms with van der Waals surface area (Å²) >= 11 is 0. The highest BCUT2D eigenvalue weighted by molar-refractivity contribution is 5.99. The molecule has 0 fully saturated rings. The lowest BCUT2D eigenvalue weighted by Gasteiger charge is -2.14. The fraction of sp³-hybridized carbons (Fsp3) is 0.600. The Morgan fingerprint density at radius 3 is 1.88 bits per heavy atom. The van der Waals surface area contributed by atoms with Crippen molar-refractivity contribution in [2.75, 3.05) is 13.2 Å². The van der Waals surface area contributed by atoms with Gasteiger partial charge in [-0.1, -0.05) is 39.8 Å². The highest BCUT2D eigenvalue weighted by atomic mass is 16.6. The maximum atomic E-state index is 12.3. The predicted molar refractivity (Wildman–Crippen MR) is 95.4 cm³/mol. The van der Waals surface area contributed by atoms with Crippen LogP contribution in [0.25, 0.3) is 0 Å². The van der Waals surface area contributed by atoms with E-state index in [9.17, 15) is 9.59 Å². The van der Waals surface area contributed by atoms with Gasteiger partial charge in [-0.05, 0) is 37.8 Å². The molecule has 1 rings (SSSR count). The van der Waals surface area contributed by atoms with E-state index in [0.717, 1.165) is 25.7 Å². The van der Waals surface area contributed by atoms with Crippen molar-refractivity contribution >= 4 is 11.8 Å². The summed E-state index contributed by atoms with van der Waals surface area (Å²) in [6, 6.07) is 6.72. The second-order valence-corrected chi connectivity index (χ2v) is 5.90. The first-order valence-corrected chi connectivity index (χ1v) is 9.00. The summed E-state index contributed by atoms with van der Waals surface area (Å²) in [5.74, 6) is -0.201. The first kappa shape index (κ1) is 20.4. The van der Waals surface area contributed by atoms with Gasteiger partial charge >= 0.3 is 5.97 Å². The molecule has 1 aromatic rings. The molecule has 0 saturated heterocycles. The molecular weight excluding hydrogens is 304 g/mol.